The van der Waals surface area contributed by atoms with E-state index >= 15 is 0 Å². The lowest BCUT2D eigenvalue weighted by Gasteiger charge is -2.48. The van der Waals surface area contributed by atoms with E-state index in [0.29, 0.717) is 33.6 Å². The first-order valence-corrected chi connectivity index (χ1v) is 14.5. The van der Waals surface area contributed by atoms with Crippen LogP contribution in [0.5, 0.6) is 0 Å². The van der Waals surface area contributed by atoms with Gasteiger partial charge in [-0.05, 0) is 114 Å². The van der Waals surface area contributed by atoms with Crippen molar-refractivity contribution in [2.75, 3.05) is 39.3 Å². The van der Waals surface area contributed by atoms with Gasteiger partial charge in [0.1, 0.15) is 5.82 Å². The van der Waals surface area contributed by atoms with Gasteiger partial charge < -0.3 is 9.80 Å². The molecule has 9 rings (SSSR count). The molecule has 37 heavy (non-hydrogen) atoms. The zero-order chi connectivity index (χ0) is 25.1. The fourth-order valence-corrected chi connectivity index (χ4v) is 8.55. The number of halogens is 1. The Morgan fingerprint density at radius 3 is 2.46 bits per heavy atom. The van der Waals surface area contributed by atoms with Gasteiger partial charge in [-0.3, -0.25) is 14.3 Å². The lowest BCUT2D eigenvalue weighted by molar-refractivity contribution is 0.0853. The summed E-state index contributed by atoms with van der Waals surface area (Å²) in [6, 6.07) is 9.70. The van der Waals surface area contributed by atoms with Gasteiger partial charge in [-0.2, -0.15) is 0 Å². The minimum absolute atomic E-state index is 0.00615. The van der Waals surface area contributed by atoms with Crippen molar-refractivity contribution in [3.8, 4) is 11.4 Å². The van der Waals surface area contributed by atoms with Gasteiger partial charge in [-0.25, -0.2) is 4.98 Å². The first-order valence-electron chi connectivity index (χ1n) is 14.1. The molecule has 0 amide bonds. The van der Waals surface area contributed by atoms with E-state index in [9.17, 15) is 4.79 Å². The molecule has 6 saturated heterocycles. The molecule has 2 atom stereocenters. The van der Waals surface area contributed by atoms with Gasteiger partial charge in [-0.15, -0.1) is 0 Å². The van der Waals surface area contributed by atoms with Crippen LogP contribution in [-0.2, 0) is 12.5 Å². The van der Waals surface area contributed by atoms with E-state index in [1.165, 1.54) is 64.8 Å². The molecule has 0 saturated carbocycles. The molecule has 1 aromatic carbocycles. The first-order chi connectivity index (χ1) is 18.0. The Morgan fingerprint density at radius 2 is 1.68 bits per heavy atom. The number of hydrogen-bond acceptors (Lipinski definition) is 5. The second-order valence-electron chi connectivity index (χ2n) is 11.9. The summed E-state index contributed by atoms with van der Waals surface area (Å²) in [6.45, 7) is 7.25. The molecule has 0 spiro atoms. The van der Waals surface area contributed by atoms with Crippen LogP contribution in [-0.4, -0.2) is 63.6 Å². The number of rotatable bonds is 3. The maximum absolute atomic E-state index is 13.8. The third-order valence-electron chi connectivity index (χ3n) is 10.3. The van der Waals surface area contributed by atoms with Crippen LogP contribution in [0, 0.1) is 17.8 Å². The van der Waals surface area contributed by atoms with Crippen molar-refractivity contribution >= 4 is 22.5 Å². The number of pyridine rings is 1. The molecule has 6 nitrogen and oxygen atoms in total. The topological polar surface area (TPSA) is 54.3 Å². The van der Waals surface area contributed by atoms with Crippen LogP contribution in [0.1, 0.15) is 44.2 Å². The van der Waals surface area contributed by atoms with Crippen molar-refractivity contribution in [3.05, 3.63) is 57.6 Å². The monoisotopic (exact) mass is 517 g/mol. The Bertz CT molecular complexity index is 1390. The van der Waals surface area contributed by atoms with Crippen LogP contribution >= 0.6 is 11.6 Å². The fraction of sp³-hybridized carbons (Fsp3) is 0.567. The van der Waals surface area contributed by atoms with Crippen LogP contribution in [0.3, 0.4) is 0 Å². The van der Waals surface area contributed by atoms with Crippen molar-refractivity contribution < 1.29 is 0 Å². The number of aromatic nitrogens is 3. The molecular weight excluding hydrogens is 482 g/mol. The van der Waals surface area contributed by atoms with Crippen LogP contribution in [0.25, 0.3) is 22.3 Å². The quantitative estimate of drug-likeness (QED) is 0.502. The molecule has 3 aromatic rings. The van der Waals surface area contributed by atoms with Crippen molar-refractivity contribution in [1.29, 1.82) is 0 Å². The van der Waals surface area contributed by atoms with Crippen molar-refractivity contribution in [2.45, 2.75) is 43.9 Å². The maximum atomic E-state index is 13.8. The highest BCUT2D eigenvalue weighted by Crippen LogP contribution is 2.54. The van der Waals surface area contributed by atoms with Gasteiger partial charge >= 0.3 is 0 Å². The third kappa shape index (κ3) is 3.86. The smallest absolute Gasteiger partial charge is 0.261 e. The van der Waals surface area contributed by atoms with E-state index < -0.39 is 0 Å². The molecule has 6 aliphatic heterocycles. The highest BCUT2D eigenvalue weighted by Gasteiger charge is 2.53. The molecule has 7 heteroatoms. The summed E-state index contributed by atoms with van der Waals surface area (Å²) >= 11 is 6.25. The summed E-state index contributed by atoms with van der Waals surface area (Å²) in [4.78, 5) is 29.2. The summed E-state index contributed by atoms with van der Waals surface area (Å²) in [7, 11) is 1.82. The van der Waals surface area contributed by atoms with Crippen LogP contribution in [0.15, 0.2) is 41.3 Å². The second-order valence-corrected chi connectivity index (χ2v) is 12.3. The van der Waals surface area contributed by atoms with Gasteiger partial charge in [-0.1, -0.05) is 23.7 Å². The Morgan fingerprint density at radius 1 is 0.946 bits per heavy atom. The second kappa shape index (κ2) is 9.18. The lowest BCUT2D eigenvalue weighted by atomic mass is 9.56. The molecule has 8 heterocycles. The highest BCUT2D eigenvalue weighted by atomic mass is 35.5. The first kappa shape index (κ1) is 23.8. The van der Waals surface area contributed by atoms with Gasteiger partial charge in [0.2, 0.25) is 0 Å². The number of fused-ring (bicyclic) bond motifs is 10. The number of hydrogen-bond donors (Lipinski definition) is 0. The van der Waals surface area contributed by atoms with E-state index in [0.717, 1.165) is 30.1 Å². The van der Waals surface area contributed by atoms with Crippen molar-refractivity contribution in [1.82, 2.24) is 24.3 Å². The zero-order valence-corrected chi connectivity index (χ0v) is 22.5. The van der Waals surface area contributed by atoms with E-state index in [-0.39, 0.29) is 11.0 Å². The van der Waals surface area contributed by atoms with E-state index in [1.807, 2.05) is 37.5 Å². The summed E-state index contributed by atoms with van der Waals surface area (Å²) < 4.78 is 1.68. The largest absolute Gasteiger partial charge is 0.303 e. The molecule has 0 N–H and O–H groups in total. The van der Waals surface area contributed by atoms with Crippen LogP contribution in [0.4, 0.5) is 0 Å². The van der Waals surface area contributed by atoms with Gasteiger partial charge in [0.25, 0.3) is 5.56 Å². The van der Waals surface area contributed by atoms with E-state index in [4.69, 9.17) is 21.6 Å². The molecule has 6 fully saturated rings. The molecule has 2 unspecified atom stereocenters. The predicted octanol–water partition coefficient (Wildman–Crippen LogP) is 4.73. The highest BCUT2D eigenvalue weighted by molar-refractivity contribution is 6.30. The van der Waals surface area contributed by atoms with Gasteiger partial charge in [0, 0.05) is 28.7 Å². The van der Waals surface area contributed by atoms with Crippen LogP contribution in [0.2, 0.25) is 5.02 Å². The Kier molecular flexibility index (Phi) is 5.91. The normalized spacial score (nSPS) is 33.4. The third-order valence-corrected chi connectivity index (χ3v) is 10.5. The lowest BCUT2D eigenvalue weighted by Crippen LogP contribution is -2.47. The Balaban J connectivity index is 1.39. The minimum atomic E-state index is -0.00615. The summed E-state index contributed by atoms with van der Waals surface area (Å²) in [5.41, 5.74) is 2.71. The zero-order valence-electron chi connectivity index (χ0n) is 21.7. The summed E-state index contributed by atoms with van der Waals surface area (Å²) in [5.74, 6) is 2.65. The van der Waals surface area contributed by atoms with E-state index in [2.05, 4.69) is 15.9 Å². The standard InChI is InChI=1S/C30H36ClN5O/c1-34-28(21-3-2-4-23(31)17-21)33-26-19-32-27(18-24(26)29(34)37)30(10-16-36-13-7-22(30)8-14-36)25-9-15-35-11-5-20(25)6-12-35/h2-4,17-20,22,25H,5-16H2,1H3. The number of piperidine rings is 2. The Hall–Kier alpha value is -2.28. The molecule has 6 aliphatic rings. The van der Waals surface area contributed by atoms with E-state index in [1.54, 1.807) is 4.57 Å². The summed E-state index contributed by atoms with van der Waals surface area (Å²) in [5, 5.41) is 1.33. The molecular formula is C30H36ClN5O. The number of benzene rings is 1. The average Bonchev–Trinajstić information content (AvgIpc) is 3.41. The molecule has 0 aliphatic carbocycles. The molecule has 0 radical (unpaired) electrons. The van der Waals surface area contributed by atoms with Crippen LogP contribution < -0.4 is 5.56 Å². The maximum Gasteiger partial charge on any atom is 0.261 e. The molecule has 2 aromatic heterocycles. The van der Waals surface area contributed by atoms with Crippen molar-refractivity contribution in [2.24, 2.45) is 24.8 Å². The summed E-state index contributed by atoms with van der Waals surface area (Å²) in [6.07, 6.45) is 9.41. The van der Waals surface area contributed by atoms with Crippen molar-refractivity contribution in [3.63, 3.8) is 0 Å². The predicted molar refractivity (Wildman–Crippen MR) is 148 cm³/mol. The minimum Gasteiger partial charge on any atom is -0.303 e. The molecule has 194 valence electrons. The van der Waals surface area contributed by atoms with Gasteiger partial charge in [0.05, 0.1) is 17.1 Å². The fourth-order valence-electron chi connectivity index (χ4n) is 8.36. The van der Waals surface area contributed by atoms with Gasteiger partial charge in [0.15, 0.2) is 0 Å². The number of nitrogens with zero attached hydrogens (tertiary/aromatic N) is 5. The SMILES string of the molecule is Cn1c(-c2cccc(Cl)c2)nc2cnc(C3(C4CCN5CCC4CC5)CCN4CCC3CC4)cc2c1=O. The Labute approximate surface area is 223 Å². The average molecular weight is 518 g/mol. The molecule has 4 bridgehead atoms.